The van der Waals surface area contributed by atoms with Crippen LogP contribution in [0, 0.1) is 5.82 Å². The summed E-state index contributed by atoms with van der Waals surface area (Å²) in [7, 11) is 0. The summed E-state index contributed by atoms with van der Waals surface area (Å²) in [6.45, 7) is 0. The molecule has 2 rings (SSSR count). The Morgan fingerprint density at radius 2 is 1.90 bits per heavy atom. The van der Waals surface area contributed by atoms with E-state index in [1.165, 1.54) is 18.2 Å². The molecule has 20 heavy (non-hydrogen) atoms. The number of anilines is 1. The average molecular weight is 274 g/mol. The van der Waals surface area contributed by atoms with Gasteiger partial charge in [-0.05, 0) is 30.3 Å². The number of phenols is 1. The molecule has 0 bridgehead atoms. The molecule has 0 spiro atoms. The van der Waals surface area contributed by atoms with Crippen molar-refractivity contribution in [3.8, 4) is 5.75 Å². The minimum Gasteiger partial charge on any atom is -0.508 e. The summed E-state index contributed by atoms with van der Waals surface area (Å²) < 4.78 is 13.5. The molecule has 0 aliphatic heterocycles. The van der Waals surface area contributed by atoms with Crippen LogP contribution in [0.25, 0.3) is 0 Å². The van der Waals surface area contributed by atoms with Gasteiger partial charge in [0.25, 0.3) is 5.91 Å². The van der Waals surface area contributed by atoms with E-state index in [4.69, 9.17) is 10.8 Å². The first-order valence-corrected chi connectivity index (χ1v) is 5.67. The molecular formula is C14H11FN2O3. The quantitative estimate of drug-likeness (QED) is 0.797. The van der Waals surface area contributed by atoms with Gasteiger partial charge >= 0.3 is 0 Å². The van der Waals surface area contributed by atoms with Gasteiger partial charge in [-0.15, -0.1) is 0 Å². The Morgan fingerprint density at radius 1 is 1.15 bits per heavy atom. The van der Waals surface area contributed by atoms with Crippen molar-refractivity contribution in [2.24, 2.45) is 5.73 Å². The third-order valence-electron chi connectivity index (χ3n) is 2.60. The van der Waals surface area contributed by atoms with Crippen LogP contribution in [0.3, 0.4) is 0 Å². The zero-order chi connectivity index (χ0) is 14.7. The zero-order valence-corrected chi connectivity index (χ0v) is 10.3. The molecule has 5 nitrogen and oxygen atoms in total. The molecule has 0 heterocycles. The lowest BCUT2D eigenvalue weighted by Crippen LogP contribution is -2.15. The van der Waals surface area contributed by atoms with Crippen molar-refractivity contribution in [2.75, 3.05) is 5.32 Å². The Bertz CT molecular complexity index is 686. The topological polar surface area (TPSA) is 92.4 Å². The van der Waals surface area contributed by atoms with E-state index in [1.807, 2.05) is 0 Å². The van der Waals surface area contributed by atoms with Crippen LogP contribution in [0.15, 0.2) is 42.5 Å². The molecule has 0 radical (unpaired) electrons. The second-order valence-electron chi connectivity index (χ2n) is 4.06. The average Bonchev–Trinajstić information content (AvgIpc) is 2.38. The van der Waals surface area contributed by atoms with Gasteiger partial charge in [-0.3, -0.25) is 9.59 Å². The summed E-state index contributed by atoms with van der Waals surface area (Å²) in [6, 6.07) is 9.19. The molecule has 0 fully saturated rings. The number of hydrogen-bond donors (Lipinski definition) is 3. The summed E-state index contributed by atoms with van der Waals surface area (Å²) >= 11 is 0. The second kappa shape index (κ2) is 5.40. The summed E-state index contributed by atoms with van der Waals surface area (Å²) in [4.78, 5) is 22.9. The molecule has 0 aromatic heterocycles. The van der Waals surface area contributed by atoms with E-state index in [0.29, 0.717) is 5.69 Å². The van der Waals surface area contributed by atoms with Crippen molar-refractivity contribution in [2.45, 2.75) is 0 Å². The van der Waals surface area contributed by atoms with Crippen molar-refractivity contribution in [1.29, 1.82) is 0 Å². The molecule has 4 N–H and O–H groups in total. The maximum absolute atomic E-state index is 13.5. The van der Waals surface area contributed by atoms with Crippen LogP contribution < -0.4 is 11.1 Å². The van der Waals surface area contributed by atoms with Gasteiger partial charge in [-0.1, -0.05) is 6.07 Å². The van der Waals surface area contributed by atoms with Gasteiger partial charge in [0.15, 0.2) is 0 Å². The minimum atomic E-state index is -0.839. The lowest BCUT2D eigenvalue weighted by molar-refractivity contribution is 0.0995. The van der Waals surface area contributed by atoms with Crippen molar-refractivity contribution in [3.05, 3.63) is 59.4 Å². The SMILES string of the molecule is NC(=O)c1cccc(NC(=O)c2ccc(O)cc2F)c1. The van der Waals surface area contributed by atoms with Crippen LogP contribution in [0.2, 0.25) is 0 Å². The Hall–Kier alpha value is -2.89. The molecule has 0 unspecified atom stereocenters. The minimum absolute atomic E-state index is 0.215. The lowest BCUT2D eigenvalue weighted by Gasteiger charge is -2.07. The van der Waals surface area contributed by atoms with Crippen LogP contribution in [0.1, 0.15) is 20.7 Å². The van der Waals surface area contributed by atoms with E-state index in [-0.39, 0.29) is 16.9 Å². The molecule has 6 heteroatoms. The maximum atomic E-state index is 13.5. The van der Waals surface area contributed by atoms with E-state index < -0.39 is 17.6 Å². The monoisotopic (exact) mass is 274 g/mol. The van der Waals surface area contributed by atoms with Crippen LogP contribution in [-0.2, 0) is 0 Å². The van der Waals surface area contributed by atoms with Gasteiger partial charge in [-0.25, -0.2) is 4.39 Å². The first-order chi connectivity index (χ1) is 9.47. The van der Waals surface area contributed by atoms with E-state index in [2.05, 4.69) is 5.32 Å². The molecule has 0 aliphatic rings. The molecule has 0 atom stereocenters. The number of halogens is 1. The van der Waals surface area contributed by atoms with Gasteiger partial charge < -0.3 is 16.2 Å². The predicted molar refractivity (Wildman–Crippen MR) is 71.0 cm³/mol. The fourth-order valence-corrected chi connectivity index (χ4v) is 1.64. The number of phenolic OH excluding ortho intramolecular Hbond substituents is 1. The third kappa shape index (κ3) is 2.92. The van der Waals surface area contributed by atoms with E-state index in [1.54, 1.807) is 12.1 Å². The maximum Gasteiger partial charge on any atom is 0.258 e. The van der Waals surface area contributed by atoms with E-state index in [0.717, 1.165) is 12.1 Å². The largest absolute Gasteiger partial charge is 0.508 e. The number of amides is 2. The number of nitrogens with two attached hydrogens (primary N) is 1. The van der Waals surface area contributed by atoms with Crippen molar-refractivity contribution >= 4 is 17.5 Å². The van der Waals surface area contributed by atoms with E-state index in [9.17, 15) is 14.0 Å². The Morgan fingerprint density at radius 3 is 2.55 bits per heavy atom. The standard InChI is InChI=1S/C14H11FN2O3/c15-12-7-10(18)4-5-11(12)14(20)17-9-3-1-2-8(6-9)13(16)19/h1-7,18H,(H2,16,19)(H,17,20). The zero-order valence-electron chi connectivity index (χ0n) is 10.3. The summed E-state index contributed by atoms with van der Waals surface area (Å²) in [5, 5.41) is 11.5. The number of primary amides is 1. The number of carbonyl (C=O) groups is 2. The summed E-state index contributed by atoms with van der Waals surface area (Å²) in [6.07, 6.45) is 0. The highest BCUT2D eigenvalue weighted by atomic mass is 19.1. The van der Waals surface area contributed by atoms with Crippen LogP contribution >= 0.6 is 0 Å². The first-order valence-electron chi connectivity index (χ1n) is 5.67. The van der Waals surface area contributed by atoms with E-state index >= 15 is 0 Å². The molecular weight excluding hydrogens is 263 g/mol. The second-order valence-corrected chi connectivity index (χ2v) is 4.06. The Kier molecular flexibility index (Phi) is 3.65. The number of carbonyl (C=O) groups excluding carboxylic acids is 2. The molecule has 2 aromatic carbocycles. The smallest absolute Gasteiger partial charge is 0.258 e. The molecule has 0 saturated heterocycles. The fraction of sp³-hybridized carbons (Fsp3) is 0. The van der Waals surface area contributed by atoms with Crippen molar-refractivity contribution in [3.63, 3.8) is 0 Å². The number of benzene rings is 2. The molecule has 2 amide bonds. The van der Waals surface area contributed by atoms with Gasteiger partial charge in [0.1, 0.15) is 11.6 Å². The van der Waals surface area contributed by atoms with Gasteiger partial charge in [0.05, 0.1) is 5.56 Å². The number of nitrogens with one attached hydrogen (secondary N) is 1. The lowest BCUT2D eigenvalue weighted by atomic mass is 10.1. The highest BCUT2D eigenvalue weighted by molar-refractivity contribution is 6.05. The summed E-state index contributed by atoms with van der Waals surface area (Å²) in [5.41, 5.74) is 5.46. The highest BCUT2D eigenvalue weighted by Gasteiger charge is 2.13. The van der Waals surface area contributed by atoms with Gasteiger partial charge in [0.2, 0.25) is 5.91 Å². The molecule has 0 aliphatic carbocycles. The van der Waals surface area contributed by atoms with Crippen molar-refractivity contribution < 1.29 is 19.1 Å². The number of aromatic hydroxyl groups is 1. The third-order valence-corrected chi connectivity index (χ3v) is 2.60. The van der Waals surface area contributed by atoms with Crippen molar-refractivity contribution in [1.82, 2.24) is 0 Å². The fourth-order valence-electron chi connectivity index (χ4n) is 1.64. The molecule has 0 saturated carbocycles. The normalized spacial score (nSPS) is 10.1. The first kappa shape index (κ1) is 13.5. The number of hydrogen-bond acceptors (Lipinski definition) is 3. The van der Waals surface area contributed by atoms with Gasteiger partial charge in [-0.2, -0.15) is 0 Å². The Labute approximate surface area is 113 Å². The summed E-state index contributed by atoms with van der Waals surface area (Å²) in [5.74, 6) is -2.43. The molecule has 2 aromatic rings. The van der Waals surface area contributed by atoms with Gasteiger partial charge in [0, 0.05) is 17.3 Å². The molecule has 102 valence electrons. The predicted octanol–water partition coefficient (Wildman–Crippen LogP) is 1.88. The Balaban J connectivity index is 2.23. The highest BCUT2D eigenvalue weighted by Crippen LogP contribution is 2.17. The van der Waals surface area contributed by atoms with Crippen LogP contribution in [0.5, 0.6) is 5.75 Å². The van der Waals surface area contributed by atoms with Crippen LogP contribution in [-0.4, -0.2) is 16.9 Å². The number of rotatable bonds is 3. The van der Waals surface area contributed by atoms with Crippen LogP contribution in [0.4, 0.5) is 10.1 Å².